The third kappa shape index (κ3) is 21.7. The Kier molecular flexibility index (Phi) is 27.7. The molecule has 1 aliphatic heterocycles. The van der Waals surface area contributed by atoms with Crippen LogP contribution < -0.4 is 36.6 Å². The van der Waals surface area contributed by atoms with Crippen LogP contribution in [0, 0.1) is 20.4 Å². The molecule has 0 spiro atoms. The summed E-state index contributed by atoms with van der Waals surface area (Å²) in [5, 5.41) is 55.4. The summed E-state index contributed by atoms with van der Waals surface area (Å²) in [5.74, 6) is -3.46. The number of carboxylic acids is 1. The van der Waals surface area contributed by atoms with Gasteiger partial charge in [-0.1, -0.05) is 31.9 Å². The maximum atomic E-state index is 12.3. The fourth-order valence-corrected chi connectivity index (χ4v) is 6.29. The first-order chi connectivity index (χ1) is 34.5. The van der Waals surface area contributed by atoms with Crippen LogP contribution in [0.4, 0.5) is 11.4 Å². The minimum absolute atomic E-state index is 0. The van der Waals surface area contributed by atoms with Gasteiger partial charge in [0.2, 0.25) is 23.6 Å². The number of ketones is 1. The molecule has 0 saturated heterocycles. The molecule has 2 aromatic carbocycles. The van der Waals surface area contributed by atoms with Crippen molar-refractivity contribution in [1.29, 1.82) is 4.35 Å². The van der Waals surface area contributed by atoms with Gasteiger partial charge in [0.1, 0.15) is 29.9 Å². The van der Waals surface area contributed by atoms with Crippen molar-refractivity contribution in [2.24, 2.45) is 5.92 Å². The summed E-state index contributed by atoms with van der Waals surface area (Å²) in [5.41, 5.74) is 3.31. The van der Waals surface area contributed by atoms with Gasteiger partial charge in [-0.15, -0.1) is 0 Å². The van der Waals surface area contributed by atoms with E-state index >= 15 is 0 Å². The molecule has 0 fully saturated rings. The number of amides is 4. The number of carbonyl (C=O) groups excluding carboxylic acids is 6. The Balaban J connectivity index is 0.000000645. The average Bonchev–Trinajstić information content (AvgIpc) is 3.34. The van der Waals surface area contributed by atoms with Crippen molar-refractivity contribution in [3.05, 3.63) is 154 Å². The summed E-state index contributed by atoms with van der Waals surface area (Å²) >= 11 is 7.00. The zero-order valence-electron chi connectivity index (χ0n) is 40.9. The van der Waals surface area contributed by atoms with Gasteiger partial charge >= 0.3 is 32.4 Å². The van der Waals surface area contributed by atoms with Crippen LogP contribution in [-0.4, -0.2) is 136 Å². The summed E-state index contributed by atoms with van der Waals surface area (Å²) in [4.78, 5) is 90.6. The molecule has 4 amide bonds. The number of hydrogen-bond acceptors (Lipinski definition) is 15. The average molecular weight is 1050 g/mol. The number of ether oxygens (including phenoxy) is 2. The Morgan fingerprint density at radius 2 is 1.47 bits per heavy atom. The molecule has 0 saturated carbocycles. The van der Waals surface area contributed by atoms with E-state index in [1.54, 1.807) is 67.2 Å². The van der Waals surface area contributed by atoms with Crippen LogP contribution in [0.25, 0.3) is 5.57 Å². The molecule has 25 heteroatoms. The van der Waals surface area contributed by atoms with Gasteiger partial charge in [-0.2, -0.15) is 0 Å². The van der Waals surface area contributed by atoms with Crippen molar-refractivity contribution in [3.8, 4) is 5.75 Å². The number of rotatable bonds is 18. The van der Waals surface area contributed by atoms with E-state index in [0.29, 0.717) is 63.9 Å². The molecule has 0 aromatic heterocycles. The molecule has 2 aliphatic carbocycles. The molecular weight excluding hydrogens is 994 g/mol. The molecule has 388 valence electrons. The van der Waals surface area contributed by atoms with Gasteiger partial charge in [0, 0.05) is 80.2 Å². The van der Waals surface area contributed by atoms with Crippen molar-refractivity contribution in [3.63, 3.8) is 0 Å². The molecule has 1 heterocycles. The van der Waals surface area contributed by atoms with E-state index in [9.17, 15) is 53.9 Å². The standard InChI is InChI=1S/C28H27N3O6S.C14H15N3O6.C7H13NO2.Al.B.HN/c1-15(2)26(34)29-10-3-11-30-28(38)31-16-4-7-19(22(12-16)27(35)36)25-20-8-5-17(32)13-23(20)37-24-14-18(33)6-9-21(24)25;1-9(2)14(20)16-7-12(18)15-8-13(19)23-11-5-3-10(4-6-11)17(21)22;1-5(2)7(10)8-4-6(3)9;;;/h4-9,12-14,20,23,32H,1,3,10-11H2,2H3,(H,29,34)(H,35,36)(H2,30,31,38);3-6H,1,7-8H2,2H3,(H,15,18)(H,16,20);6,9H,1,4H2,2-3H3,(H,8,10);;;1H. The van der Waals surface area contributed by atoms with E-state index in [2.05, 4.69) is 51.6 Å². The Hall–Kier alpha value is -8.10. The van der Waals surface area contributed by atoms with Crippen molar-refractivity contribution >= 4 is 100 Å². The summed E-state index contributed by atoms with van der Waals surface area (Å²) in [6, 6.07) is 9.83. The van der Waals surface area contributed by atoms with Crippen LogP contribution in [0.5, 0.6) is 5.75 Å². The predicted octanol–water partition coefficient (Wildman–Crippen LogP) is 3.46. The number of carboxylic acid groups (broad SMARTS) is 1. The molecule has 0 bridgehead atoms. The number of anilines is 1. The SMILES string of the molecule is C=C(C)C(=O)NCC(=O)NCC(=O)Oc1ccc([N+](=O)[O-])cc1.C=C(C)C(=O)NCC(C)O.C=C(C)C(=O)NCCCNC(=S)Nc1ccc(C2=C3C=CC(=O)C=C3OC3C=C(O)C=CC23)c(C(=O)O)c1.[B].[NH]=[Al]. The van der Waals surface area contributed by atoms with Gasteiger partial charge < -0.3 is 56.7 Å². The molecule has 3 atom stereocenters. The molecule has 5 rings (SSSR count). The van der Waals surface area contributed by atoms with Gasteiger partial charge in [0.05, 0.1) is 23.1 Å². The fraction of sp³-hybridized carbons (Fsp3) is 0.265. The van der Waals surface area contributed by atoms with Gasteiger partial charge in [-0.3, -0.25) is 34.1 Å². The van der Waals surface area contributed by atoms with E-state index in [0.717, 1.165) is 0 Å². The van der Waals surface area contributed by atoms with E-state index in [1.165, 1.54) is 55.5 Å². The molecule has 4 radical (unpaired) electrons. The zero-order chi connectivity index (χ0) is 54.9. The number of aliphatic hydroxyl groups excluding tert-OH is 2. The number of non-ortho nitro benzene ring substituents is 1. The number of hydrogen-bond donors (Lipinski definition) is 10. The number of aliphatic hydroxyl groups is 2. The van der Waals surface area contributed by atoms with Crippen LogP contribution >= 0.6 is 12.2 Å². The first-order valence-corrected chi connectivity index (χ1v) is 22.8. The van der Waals surface area contributed by atoms with Crippen LogP contribution in [-0.2, 0) is 33.5 Å². The van der Waals surface area contributed by atoms with Crippen LogP contribution in [0.15, 0.2) is 132 Å². The minimum atomic E-state index is -1.13. The number of carbonyl (C=O) groups is 7. The third-order valence-electron chi connectivity index (χ3n) is 9.57. The number of allylic oxidation sites excluding steroid dienone is 4. The summed E-state index contributed by atoms with van der Waals surface area (Å²) in [6.07, 6.45) is 8.78. The monoisotopic (exact) mass is 1050 g/mol. The number of nitro benzene ring substituents is 1. The summed E-state index contributed by atoms with van der Waals surface area (Å²) in [6.45, 7) is 17.3. The third-order valence-corrected chi connectivity index (χ3v) is 9.81. The Labute approximate surface area is 442 Å². The molecule has 3 aliphatic rings. The molecule has 74 heavy (non-hydrogen) atoms. The quantitative estimate of drug-likeness (QED) is 0.0149. The fourth-order valence-electron chi connectivity index (χ4n) is 6.07. The van der Waals surface area contributed by atoms with Gasteiger partial charge in [-0.25, -0.2) is 9.59 Å². The maximum absolute atomic E-state index is 12.3. The summed E-state index contributed by atoms with van der Waals surface area (Å²) in [7, 11) is 0. The second-order valence-electron chi connectivity index (χ2n) is 15.8. The van der Waals surface area contributed by atoms with Crippen molar-refractivity contribution in [2.45, 2.75) is 46.3 Å². The predicted molar refractivity (Wildman–Crippen MR) is 281 cm³/mol. The Bertz CT molecular complexity index is 2670. The Morgan fingerprint density at radius 3 is 2.05 bits per heavy atom. The van der Waals surface area contributed by atoms with Crippen molar-refractivity contribution in [2.75, 3.05) is 38.0 Å². The molecular formula is C49H56AlBN8O14S. The topological polar surface area (TPSA) is 338 Å². The first kappa shape index (κ1) is 63.9. The molecule has 3 unspecified atom stereocenters. The van der Waals surface area contributed by atoms with E-state index in [4.69, 9.17) is 31.1 Å². The number of esters is 1. The number of nitrogens with zero attached hydrogens (tertiary/aromatic N) is 1. The van der Waals surface area contributed by atoms with E-state index in [1.807, 2.05) is 0 Å². The van der Waals surface area contributed by atoms with Crippen LogP contribution in [0.3, 0.4) is 0 Å². The van der Waals surface area contributed by atoms with Crippen LogP contribution in [0.2, 0.25) is 0 Å². The van der Waals surface area contributed by atoms with E-state index in [-0.39, 0.29) is 73.4 Å². The summed E-state index contributed by atoms with van der Waals surface area (Å²) < 4.78 is 16.5. The van der Waals surface area contributed by atoms with Crippen molar-refractivity contribution in [1.82, 2.24) is 26.6 Å². The number of nitro groups is 1. The van der Waals surface area contributed by atoms with E-state index < -0.39 is 47.4 Å². The first-order valence-electron chi connectivity index (χ1n) is 21.8. The zero-order valence-corrected chi connectivity index (χ0v) is 42.9. The number of aromatic carboxylic acids is 1. The molecule has 2 aromatic rings. The second-order valence-corrected chi connectivity index (χ2v) is 16.2. The van der Waals surface area contributed by atoms with Crippen molar-refractivity contribution < 1.29 is 63.3 Å². The van der Waals surface area contributed by atoms with Gasteiger partial charge in [-0.05, 0) is 106 Å². The number of nitrogens with one attached hydrogen (secondary N) is 7. The normalized spacial score (nSPS) is 14.6. The van der Waals surface area contributed by atoms with Gasteiger partial charge in [0.15, 0.2) is 10.9 Å². The molecule has 10 N–H and O–H groups in total. The van der Waals surface area contributed by atoms with Crippen LogP contribution in [0.1, 0.15) is 50.0 Å². The number of fused-ring (bicyclic) bond motifs is 2. The molecule has 22 nitrogen and oxygen atoms in total. The second kappa shape index (κ2) is 32.1. The Morgan fingerprint density at radius 1 is 0.878 bits per heavy atom. The number of benzene rings is 2. The number of thiocarbonyl (C=S) groups is 1. The van der Waals surface area contributed by atoms with Gasteiger partial charge in [0.25, 0.3) is 5.69 Å².